The van der Waals surface area contributed by atoms with Gasteiger partial charge in [0.1, 0.15) is 0 Å². The molecule has 0 saturated heterocycles. The summed E-state index contributed by atoms with van der Waals surface area (Å²) in [7, 11) is 0. The van der Waals surface area contributed by atoms with Crippen molar-refractivity contribution < 1.29 is 0 Å². The van der Waals surface area contributed by atoms with Crippen LogP contribution in [0.3, 0.4) is 0 Å². The minimum absolute atomic E-state index is 0.769. The van der Waals surface area contributed by atoms with E-state index in [1.807, 2.05) is 6.07 Å². The Labute approximate surface area is 94.9 Å². The van der Waals surface area contributed by atoms with Crippen LogP contribution in [-0.2, 0) is 0 Å². The van der Waals surface area contributed by atoms with Gasteiger partial charge < -0.3 is 0 Å². The molecule has 3 nitrogen and oxygen atoms in total. The summed E-state index contributed by atoms with van der Waals surface area (Å²) in [6.07, 6.45) is 6.74. The van der Waals surface area contributed by atoms with Crippen LogP contribution in [0.4, 0.5) is 5.69 Å². The van der Waals surface area contributed by atoms with Crippen molar-refractivity contribution in [1.29, 1.82) is 0 Å². The second-order valence-corrected chi connectivity index (χ2v) is 3.63. The Hall–Kier alpha value is -2.03. The first kappa shape index (κ1) is 10.5. The fraction of sp³-hybridized carbons (Fsp3) is 0.154. The molecule has 0 aliphatic heterocycles. The van der Waals surface area contributed by atoms with E-state index in [0.717, 1.165) is 11.4 Å². The molecule has 2 aromatic rings. The zero-order valence-electron chi connectivity index (χ0n) is 9.38. The van der Waals surface area contributed by atoms with E-state index in [2.05, 4.69) is 40.9 Å². The van der Waals surface area contributed by atoms with Gasteiger partial charge in [-0.1, -0.05) is 18.2 Å². The molecule has 0 amide bonds. The van der Waals surface area contributed by atoms with Gasteiger partial charge in [0.25, 0.3) is 0 Å². The lowest BCUT2D eigenvalue weighted by molar-refractivity contribution is 1.18. The Morgan fingerprint density at radius 1 is 1.12 bits per heavy atom. The summed E-state index contributed by atoms with van der Waals surface area (Å²) in [5, 5.41) is 0. The molecular formula is C13H13N3. The predicted molar refractivity (Wildman–Crippen MR) is 65.2 cm³/mol. The molecule has 0 unspecified atom stereocenters. The third-order valence-electron chi connectivity index (χ3n) is 2.35. The largest absolute Gasteiger partial charge is 0.261 e. The molecule has 1 aromatic carbocycles. The van der Waals surface area contributed by atoms with Crippen LogP contribution in [0.5, 0.6) is 0 Å². The van der Waals surface area contributed by atoms with Crippen LogP contribution in [0.25, 0.3) is 0 Å². The third kappa shape index (κ3) is 2.31. The lowest BCUT2D eigenvalue weighted by atomic mass is 10.1. The van der Waals surface area contributed by atoms with Gasteiger partial charge in [-0.15, -0.1) is 0 Å². The monoisotopic (exact) mass is 211 g/mol. The van der Waals surface area contributed by atoms with E-state index >= 15 is 0 Å². The van der Waals surface area contributed by atoms with Crippen molar-refractivity contribution >= 4 is 11.9 Å². The first-order chi connectivity index (χ1) is 7.77. The second-order valence-electron chi connectivity index (χ2n) is 3.63. The number of hydrogen-bond acceptors (Lipinski definition) is 3. The zero-order valence-corrected chi connectivity index (χ0v) is 9.38. The Balaban J connectivity index is 2.31. The van der Waals surface area contributed by atoms with Crippen molar-refractivity contribution in [1.82, 2.24) is 9.97 Å². The normalized spacial score (nSPS) is 10.9. The van der Waals surface area contributed by atoms with Gasteiger partial charge in [-0.3, -0.25) is 15.0 Å². The van der Waals surface area contributed by atoms with Gasteiger partial charge in [-0.2, -0.15) is 0 Å². The summed E-state index contributed by atoms with van der Waals surface area (Å²) in [6, 6.07) is 6.14. The molecule has 0 aliphatic carbocycles. The van der Waals surface area contributed by atoms with E-state index in [9.17, 15) is 0 Å². The summed E-state index contributed by atoms with van der Waals surface area (Å²) in [5.74, 6) is 0. The number of aliphatic imine (C=N–C) groups is 1. The van der Waals surface area contributed by atoms with Gasteiger partial charge in [0.15, 0.2) is 0 Å². The second kappa shape index (κ2) is 4.66. The van der Waals surface area contributed by atoms with E-state index in [1.54, 1.807) is 24.8 Å². The number of hydrogen-bond donors (Lipinski definition) is 0. The van der Waals surface area contributed by atoms with Crippen molar-refractivity contribution in [2.45, 2.75) is 13.8 Å². The standard InChI is InChI=1S/C13H13N3/c1-10-4-3-5-11(2)13(10)16-9-12-8-14-6-7-15-12/h3-9H,1-2H3. The predicted octanol–water partition coefficient (Wildman–Crippen LogP) is 2.84. The van der Waals surface area contributed by atoms with Gasteiger partial charge in [0, 0.05) is 12.4 Å². The molecule has 0 N–H and O–H groups in total. The first-order valence-electron chi connectivity index (χ1n) is 5.13. The van der Waals surface area contributed by atoms with Crippen LogP contribution in [0.1, 0.15) is 16.8 Å². The minimum Gasteiger partial charge on any atom is -0.261 e. The average molecular weight is 211 g/mol. The first-order valence-corrected chi connectivity index (χ1v) is 5.13. The quantitative estimate of drug-likeness (QED) is 0.716. The maximum Gasteiger partial charge on any atom is 0.0995 e. The molecule has 80 valence electrons. The molecule has 1 heterocycles. The number of nitrogens with zero attached hydrogens (tertiary/aromatic N) is 3. The highest BCUT2D eigenvalue weighted by atomic mass is 14.8. The van der Waals surface area contributed by atoms with Crippen molar-refractivity contribution in [2.75, 3.05) is 0 Å². The molecule has 3 heteroatoms. The van der Waals surface area contributed by atoms with E-state index < -0.39 is 0 Å². The average Bonchev–Trinajstić information content (AvgIpc) is 2.30. The molecule has 0 saturated carbocycles. The highest BCUT2D eigenvalue weighted by molar-refractivity contribution is 5.80. The number of aromatic nitrogens is 2. The Kier molecular flexibility index (Phi) is 3.05. The van der Waals surface area contributed by atoms with Gasteiger partial charge in [-0.25, -0.2) is 0 Å². The molecule has 0 radical (unpaired) electrons. The lowest BCUT2D eigenvalue weighted by Gasteiger charge is -2.02. The van der Waals surface area contributed by atoms with Crippen molar-refractivity contribution in [3.05, 3.63) is 53.6 Å². The molecule has 2 rings (SSSR count). The zero-order chi connectivity index (χ0) is 11.4. The van der Waals surface area contributed by atoms with Gasteiger partial charge in [-0.05, 0) is 25.0 Å². The highest BCUT2D eigenvalue weighted by Crippen LogP contribution is 2.22. The van der Waals surface area contributed by atoms with Crippen LogP contribution in [0.2, 0.25) is 0 Å². The minimum atomic E-state index is 0.769. The van der Waals surface area contributed by atoms with Gasteiger partial charge in [0.05, 0.1) is 23.8 Å². The van der Waals surface area contributed by atoms with Gasteiger partial charge in [0.2, 0.25) is 0 Å². The van der Waals surface area contributed by atoms with E-state index in [1.165, 1.54) is 11.1 Å². The Morgan fingerprint density at radius 2 is 1.88 bits per heavy atom. The summed E-state index contributed by atoms with van der Waals surface area (Å²) < 4.78 is 0. The number of rotatable bonds is 2. The summed E-state index contributed by atoms with van der Waals surface area (Å²) in [6.45, 7) is 4.10. The Morgan fingerprint density at radius 3 is 2.50 bits per heavy atom. The summed E-state index contributed by atoms with van der Waals surface area (Å²) >= 11 is 0. The van der Waals surface area contributed by atoms with E-state index in [4.69, 9.17) is 0 Å². The van der Waals surface area contributed by atoms with Crippen LogP contribution in [0, 0.1) is 13.8 Å². The van der Waals surface area contributed by atoms with Crippen LogP contribution < -0.4 is 0 Å². The van der Waals surface area contributed by atoms with Crippen LogP contribution in [0.15, 0.2) is 41.8 Å². The lowest BCUT2D eigenvalue weighted by Crippen LogP contribution is -1.88. The maximum absolute atomic E-state index is 4.45. The third-order valence-corrected chi connectivity index (χ3v) is 2.35. The Bertz CT molecular complexity index is 484. The number of benzene rings is 1. The number of aryl methyl sites for hydroxylation is 2. The van der Waals surface area contributed by atoms with Crippen LogP contribution >= 0.6 is 0 Å². The smallest absolute Gasteiger partial charge is 0.0995 e. The van der Waals surface area contributed by atoms with Crippen LogP contribution in [-0.4, -0.2) is 16.2 Å². The molecule has 0 aliphatic rings. The summed E-state index contributed by atoms with van der Waals surface area (Å²) in [5.41, 5.74) is 4.11. The fourth-order valence-corrected chi connectivity index (χ4v) is 1.52. The molecule has 0 bridgehead atoms. The van der Waals surface area contributed by atoms with E-state index in [0.29, 0.717) is 0 Å². The SMILES string of the molecule is Cc1cccc(C)c1N=Cc1cnccn1. The fourth-order valence-electron chi connectivity index (χ4n) is 1.52. The molecular weight excluding hydrogens is 198 g/mol. The van der Waals surface area contributed by atoms with Crippen molar-refractivity contribution in [3.63, 3.8) is 0 Å². The molecule has 0 atom stereocenters. The van der Waals surface area contributed by atoms with E-state index in [-0.39, 0.29) is 0 Å². The molecule has 0 spiro atoms. The van der Waals surface area contributed by atoms with Crippen molar-refractivity contribution in [2.24, 2.45) is 4.99 Å². The van der Waals surface area contributed by atoms with Crippen molar-refractivity contribution in [3.8, 4) is 0 Å². The molecule has 16 heavy (non-hydrogen) atoms. The topological polar surface area (TPSA) is 38.1 Å². The van der Waals surface area contributed by atoms with Gasteiger partial charge >= 0.3 is 0 Å². The highest BCUT2D eigenvalue weighted by Gasteiger charge is 1.98. The summed E-state index contributed by atoms with van der Waals surface area (Å²) in [4.78, 5) is 12.6. The molecule has 1 aromatic heterocycles. The molecule has 0 fully saturated rings. The number of para-hydroxylation sites is 1. The maximum atomic E-state index is 4.45.